The molecule has 0 fully saturated rings. The van der Waals surface area contributed by atoms with Crippen LogP contribution in [0.1, 0.15) is 30.9 Å². The maximum absolute atomic E-state index is 11.3. The summed E-state index contributed by atoms with van der Waals surface area (Å²) in [5, 5.41) is 9.05. The Bertz CT molecular complexity index is 1170. The van der Waals surface area contributed by atoms with Crippen LogP contribution in [0.3, 0.4) is 0 Å². The second-order valence-corrected chi connectivity index (χ2v) is 8.53. The third-order valence-electron chi connectivity index (χ3n) is 4.55. The van der Waals surface area contributed by atoms with E-state index in [4.69, 9.17) is 19.5 Å². The number of pyridine rings is 1. The summed E-state index contributed by atoms with van der Waals surface area (Å²) >= 11 is 0. The van der Waals surface area contributed by atoms with Crippen molar-refractivity contribution in [3.05, 3.63) is 60.0 Å². The Hall–Kier alpha value is -3.33. The van der Waals surface area contributed by atoms with E-state index in [1.165, 1.54) is 28.2 Å². The van der Waals surface area contributed by atoms with E-state index in [2.05, 4.69) is 49.1 Å². The van der Waals surface area contributed by atoms with Gasteiger partial charge in [-0.15, -0.1) is 0 Å². The number of nitrogens with zero attached hydrogens (tertiary/aromatic N) is 3. The van der Waals surface area contributed by atoms with Gasteiger partial charge in [0.15, 0.2) is 0 Å². The van der Waals surface area contributed by atoms with Gasteiger partial charge in [-0.25, -0.2) is 18.5 Å². The van der Waals surface area contributed by atoms with E-state index >= 15 is 0 Å². The third kappa shape index (κ3) is 6.58. The van der Waals surface area contributed by atoms with Crippen molar-refractivity contribution in [3.8, 4) is 17.0 Å². The molecular formula is C21H24N4O5S. The van der Waals surface area contributed by atoms with Crippen molar-refractivity contribution < 1.29 is 22.7 Å². The Labute approximate surface area is 180 Å². The van der Waals surface area contributed by atoms with Crippen molar-refractivity contribution in [1.29, 1.82) is 0 Å². The highest BCUT2D eigenvalue weighted by Gasteiger charge is 2.11. The highest BCUT2D eigenvalue weighted by Crippen LogP contribution is 2.30. The van der Waals surface area contributed by atoms with E-state index in [1.807, 2.05) is 12.1 Å². The second kappa shape index (κ2) is 10.6. The summed E-state index contributed by atoms with van der Waals surface area (Å²) in [6.45, 7) is 7.18. The van der Waals surface area contributed by atoms with E-state index in [0.29, 0.717) is 24.9 Å². The summed E-state index contributed by atoms with van der Waals surface area (Å²) in [6, 6.07) is 10.2. The van der Waals surface area contributed by atoms with Crippen LogP contribution in [0.25, 0.3) is 11.1 Å². The van der Waals surface area contributed by atoms with Gasteiger partial charge in [-0.1, -0.05) is 32.0 Å². The minimum Gasteiger partial charge on any atom is -0.476 e. The monoisotopic (exact) mass is 444 g/mol. The lowest BCUT2D eigenvalue weighted by atomic mass is 9.91. The zero-order chi connectivity index (χ0) is 23.0. The van der Waals surface area contributed by atoms with E-state index in [-0.39, 0.29) is 11.0 Å². The molecule has 31 heavy (non-hydrogen) atoms. The van der Waals surface area contributed by atoms with Crippen molar-refractivity contribution in [2.24, 2.45) is 5.14 Å². The number of benzene rings is 1. The molecule has 0 aliphatic rings. The molecule has 0 aliphatic heterocycles. The molecule has 0 bridgehead atoms. The fraction of sp³-hybridized carbons (Fsp3) is 0.286. The number of rotatable bonds is 7. The van der Waals surface area contributed by atoms with Crippen LogP contribution in [0.5, 0.6) is 5.88 Å². The molecule has 10 heteroatoms. The Morgan fingerprint density at radius 3 is 2.55 bits per heavy atom. The van der Waals surface area contributed by atoms with Gasteiger partial charge in [-0.05, 0) is 41.2 Å². The van der Waals surface area contributed by atoms with Gasteiger partial charge >= 0.3 is 6.15 Å². The van der Waals surface area contributed by atoms with Gasteiger partial charge in [0.25, 0.3) is 0 Å². The molecule has 3 aromatic rings. The SMILES string of the molecule is Cc1c(-c2ccnc(OCCn3cc(S(N)(=O)=O)cn3)c2)cccc1C(C)C.O=C=O. The van der Waals surface area contributed by atoms with Crippen molar-refractivity contribution in [1.82, 2.24) is 14.8 Å². The molecule has 2 N–H and O–H groups in total. The maximum atomic E-state index is 11.3. The van der Waals surface area contributed by atoms with Crippen LogP contribution in [0.2, 0.25) is 0 Å². The molecule has 0 radical (unpaired) electrons. The summed E-state index contributed by atoms with van der Waals surface area (Å²) in [7, 11) is -3.75. The smallest absolute Gasteiger partial charge is 0.373 e. The van der Waals surface area contributed by atoms with E-state index in [0.717, 1.165) is 11.1 Å². The van der Waals surface area contributed by atoms with Gasteiger partial charge in [-0.3, -0.25) is 4.68 Å². The summed E-state index contributed by atoms with van der Waals surface area (Å²) in [4.78, 5) is 20.5. The topological polar surface area (TPSA) is 134 Å². The summed E-state index contributed by atoms with van der Waals surface area (Å²) in [5.74, 6) is 0.958. The number of nitrogens with two attached hydrogens (primary N) is 1. The van der Waals surface area contributed by atoms with Gasteiger partial charge in [0.05, 0.1) is 12.7 Å². The van der Waals surface area contributed by atoms with Crippen LogP contribution in [0.4, 0.5) is 0 Å². The lowest BCUT2D eigenvalue weighted by Crippen LogP contribution is -2.12. The first-order chi connectivity index (χ1) is 14.7. The number of hydrogen-bond donors (Lipinski definition) is 1. The number of primary sulfonamides is 1. The van der Waals surface area contributed by atoms with Gasteiger partial charge < -0.3 is 4.74 Å². The molecule has 9 nitrogen and oxygen atoms in total. The molecule has 0 atom stereocenters. The maximum Gasteiger partial charge on any atom is 0.373 e. The highest BCUT2D eigenvalue weighted by atomic mass is 32.2. The summed E-state index contributed by atoms with van der Waals surface area (Å²) in [6.07, 6.45) is 4.57. The molecular weight excluding hydrogens is 420 g/mol. The normalized spacial score (nSPS) is 10.9. The first kappa shape index (κ1) is 23.9. The molecule has 2 heterocycles. The van der Waals surface area contributed by atoms with Crippen LogP contribution in [-0.4, -0.2) is 35.9 Å². The van der Waals surface area contributed by atoms with Crippen LogP contribution < -0.4 is 9.88 Å². The van der Waals surface area contributed by atoms with E-state index in [9.17, 15) is 8.42 Å². The molecule has 164 valence electrons. The second-order valence-electron chi connectivity index (χ2n) is 6.97. The van der Waals surface area contributed by atoms with Crippen molar-refractivity contribution >= 4 is 16.2 Å². The Kier molecular flexibility index (Phi) is 8.21. The van der Waals surface area contributed by atoms with Crippen LogP contribution in [0, 0.1) is 6.92 Å². The molecule has 1 aromatic carbocycles. The zero-order valence-corrected chi connectivity index (χ0v) is 18.3. The average molecular weight is 445 g/mol. The zero-order valence-electron chi connectivity index (χ0n) is 17.5. The molecule has 0 spiro atoms. The van der Waals surface area contributed by atoms with Crippen molar-refractivity contribution in [3.63, 3.8) is 0 Å². The molecule has 3 rings (SSSR count). The van der Waals surface area contributed by atoms with Crippen molar-refractivity contribution in [2.75, 3.05) is 6.61 Å². The average Bonchev–Trinajstić information content (AvgIpc) is 3.18. The Morgan fingerprint density at radius 2 is 1.94 bits per heavy atom. The molecule has 0 saturated carbocycles. The van der Waals surface area contributed by atoms with Gasteiger partial charge in [-0.2, -0.15) is 14.7 Å². The first-order valence-corrected chi connectivity index (χ1v) is 10.9. The quantitative estimate of drug-likeness (QED) is 0.591. The lowest BCUT2D eigenvalue weighted by Gasteiger charge is -2.14. The number of carbonyl (C=O) groups excluding carboxylic acids is 2. The summed E-state index contributed by atoms with van der Waals surface area (Å²) < 4.78 is 29.8. The molecule has 0 unspecified atom stereocenters. The first-order valence-electron chi connectivity index (χ1n) is 9.40. The largest absolute Gasteiger partial charge is 0.476 e. The molecule has 2 aromatic heterocycles. The van der Waals surface area contributed by atoms with Crippen LogP contribution >= 0.6 is 0 Å². The number of hydrogen-bond acceptors (Lipinski definition) is 7. The molecule has 0 amide bonds. The number of ether oxygens (including phenoxy) is 1. The van der Waals surface area contributed by atoms with Crippen molar-refractivity contribution in [2.45, 2.75) is 38.1 Å². The highest BCUT2D eigenvalue weighted by molar-refractivity contribution is 7.89. The van der Waals surface area contributed by atoms with E-state index in [1.54, 1.807) is 6.20 Å². The van der Waals surface area contributed by atoms with Gasteiger partial charge in [0.2, 0.25) is 15.9 Å². The Balaban J connectivity index is 0.00000107. The minimum atomic E-state index is -3.75. The number of aromatic nitrogens is 3. The fourth-order valence-corrected chi connectivity index (χ4v) is 3.57. The van der Waals surface area contributed by atoms with Crippen LogP contribution in [0.15, 0.2) is 53.8 Å². The van der Waals surface area contributed by atoms with Gasteiger partial charge in [0.1, 0.15) is 11.5 Å². The van der Waals surface area contributed by atoms with Crippen LogP contribution in [-0.2, 0) is 26.2 Å². The predicted octanol–water partition coefficient (Wildman–Crippen LogP) is 2.52. The number of sulfonamides is 1. The predicted molar refractivity (Wildman–Crippen MR) is 113 cm³/mol. The summed E-state index contributed by atoms with van der Waals surface area (Å²) in [5.41, 5.74) is 4.77. The Morgan fingerprint density at radius 1 is 1.23 bits per heavy atom. The fourth-order valence-electron chi connectivity index (χ4n) is 3.11. The minimum absolute atomic E-state index is 0.0202. The molecule has 0 aliphatic carbocycles. The molecule has 0 saturated heterocycles. The van der Waals surface area contributed by atoms with E-state index < -0.39 is 10.0 Å². The standard InChI is InChI=1S/C20H24N4O3S.CO2/c1-14(2)18-5-4-6-19(15(18)3)16-7-8-22-20(11-16)27-10-9-24-13-17(12-23-24)28(21,25)26;2-1-3/h4-8,11-14H,9-10H2,1-3H3,(H2,21,25,26);. The lowest BCUT2D eigenvalue weighted by molar-refractivity contribution is -0.191. The third-order valence-corrected chi connectivity index (χ3v) is 5.42. The van der Waals surface area contributed by atoms with Gasteiger partial charge in [0, 0.05) is 18.5 Å².